The van der Waals surface area contributed by atoms with E-state index in [1.54, 1.807) is 7.11 Å². The fourth-order valence-corrected chi connectivity index (χ4v) is 3.64. The lowest BCUT2D eigenvalue weighted by Gasteiger charge is -2.26. The molecule has 1 aromatic heterocycles. The van der Waals surface area contributed by atoms with Crippen LogP contribution in [0.4, 0.5) is 5.95 Å². The number of rotatable bonds is 5. The first-order valence-corrected chi connectivity index (χ1v) is 9.59. The first-order chi connectivity index (χ1) is 13.6. The van der Waals surface area contributed by atoms with Crippen molar-refractivity contribution in [3.8, 4) is 17.0 Å². The highest BCUT2D eigenvalue weighted by Gasteiger charge is 2.29. The zero-order valence-corrected chi connectivity index (χ0v) is 16.1. The number of nitrogens with zero attached hydrogens (tertiary/aromatic N) is 4. The Hall–Kier alpha value is -2.71. The molecule has 8 nitrogen and oxygen atoms in total. The summed E-state index contributed by atoms with van der Waals surface area (Å²) in [6, 6.07) is 7.66. The Morgan fingerprint density at radius 1 is 1.21 bits per heavy atom. The summed E-state index contributed by atoms with van der Waals surface area (Å²) >= 11 is 0. The van der Waals surface area contributed by atoms with Gasteiger partial charge in [-0.2, -0.15) is 5.06 Å². The van der Waals surface area contributed by atoms with Gasteiger partial charge in [-0.3, -0.25) is 9.63 Å². The molecule has 0 bridgehead atoms. The standard InChI is InChI=1S/C20H25N5O3/c1-27-15-6-4-14(5-7-15)19-16-12-24(13-17(16)22-20(21)23-19)18(26)8-10-25-9-2-3-11-28-25/h4-7H,2-3,8-13H2,1H3,(H2,21,22,23). The topological polar surface area (TPSA) is 93.8 Å². The van der Waals surface area contributed by atoms with Crippen LogP contribution in [-0.2, 0) is 22.7 Å². The van der Waals surface area contributed by atoms with E-state index in [9.17, 15) is 4.79 Å². The molecule has 1 saturated heterocycles. The van der Waals surface area contributed by atoms with E-state index in [1.807, 2.05) is 34.2 Å². The van der Waals surface area contributed by atoms with Crippen LogP contribution in [0.3, 0.4) is 0 Å². The number of aromatic nitrogens is 2. The predicted molar refractivity (Wildman–Crippen MR) is 104 cm³/mol. The Kier molecular flexibility index (Phi) is 5.40. The molecule has 28 heavy (non-hydrogen) atoms. The number of benzene rings is 1. The van der Waals surface area contributed by atoms with E-state index >= 15 is 0 Å². The highest BCUT2D eigenvalue weighted by atomic mass is 16.7. The van der Waals surface area contributed by atoms with E-state index in [0.717, 1.165) is 54.3 Å². The lowest BCUT2D eigenvalue weighted by Crippen LogP contribution is -2.34. The summed E-state index contributed by atoms with van der Waals surface area (Å²) in [5, 5.41) is 1.89. The zero-order chi connectivity index (χ0) is 19.5. The van der Waals surface area contributed by atoms with Crippen molar-refractivity contribution in [1.82, 2.24) is 19.9 Å². The van der Waals surface area contributed by atoms with Crippen molar-refractivity contribution in [3.05, 3.63) is 35.5 Å². The van der Waals surface area contributed by atoms with Crippen molar-refractivity contribution in [2.75, 3.05) is 32.5 Å². The van der Waals surface area contributed by atoms with Gasteiger partial charge in [0.25, 0.3) is 0 Å². The molecule has 0 saturated carbocycles. The van der Waals surface area contributed by atoms with E-state index < -0.39 is 0 Å². The van der Waals surface area contributed by atoms with Gasteiger partial charge in [0.1, 0.15) is 5.75 Å². The number of ether oxygens (including phenoxy) is 1. The number of carbonyl (C=O) groups is 1. The molecule has 2 N–H and O–H groups in total. The van der Waals surface area contributed by atoms with Crippen molar-refractivity contribution in [1.29, 1.82) is 0 Å². The minimum absolute atomic E-state index is 0.0893. The SMILES string of the molecule is COc1ccc(-c2nc(N)nc3c2CN(C(=O)CCN2CCCCO2)C3)cc1. The second kappa shape index (κ2) is 8.12. The fraction of sp³-hybridized carbons (Fsp3) is 0.450. The molecular weight excluding hydrogens is 358 g/mol. The zero-order valence-electron chi connectivity index (χ0n) is 16.1. The highest BCUT2D eigenvalue weighted by Crippen LogP contribution is 2.32. The summed E-state index contributed by atoms with van der Waals surface area (Å²) < 4.78 is 5.22. The number of amides is 1. The molecule has 0 unspecified atom stereocenters. The number of hydrogen-bond donors (Lipinski definition) is 1. The van der Waals surface area contributed by atoms with E-state index in [0.29, 0.717) is 26.1 Å². The molecule has 148 valence electrons. The third-order valence-corrected chi connectivity index (χ3v) is 5.17. The lowest BCUT2D eigenvalue weighted by atomic mass is 10.1. The third-order valence-electron chi connectivity index (χ3n) is 5.17. The number of hydrogen-bond acceptors (Lipinski definition) is 7. The number of fused-ring (bicyclic) bond motifs is 1. The minimum atomic E-state index is 0.0893. The molecule has 2 aliphatic heterocycles. The Morgan fingerprint density at radius 3 is 2.75 bits per heavy atom. The average Bonchev–Trinajstić information content (AvgIpc) is 3.16. The Labute approximate surface area is 164 Å². The van der Waals surface area contributed by atoms with E-state index in [1.165, 1.54) is 0 Å². The van der Waals surface area contributed by atoms with E-state index in [-0.39, 0.29) is 11.9 Å². The molecule has 0 spiro atoms. The van der Waals surface area contributed by atoms with Gasteiger partial charge >= 0.3 is 0 Å². The van der Waals surface area contributed by atoms with Gasteiger partial charge in [0.15, 0.2) is 0 Å². The van der Waals surface area contributed by atoms with Crippen molar-refractivity contribution >= 4 is 11.9 Å². The summed E-state index contributed by atoms with van der Waals surface area (Å²) in [6.45, 7) is 3.20. The summed E-state index contributed by atoms with van der Waals surface area (Å²) in [5.41, 5.74) is 9.42. The summed E-state index contributed by atoms with van der Waals surface area (Å²) in [4.78, 5) is 28.9. The van der Waals surface area contributed by atoms with Crippen LogP contribution in [0.15, 0.2) is 24.3 Å². The van der Waals surface area contributed by atoms with Crippen LogP contribution in [-0.4, -0.2) is 52.6 Å². The van der Waals surface area contributed by atoms with Crippen molar-refractivity contribution in [3.63, 3.8) is 0 Å². The number of nitrogens with two attached hydrogens (primary N) is 1. The number of hydroxylamine groups is 2. The number of methoxy groups -OCH3 is 1. The van der Waals surface area contributed by atoms with Crippen molar-refractivity contribution < 1.29 is 14.4 Å². The lowest BCUT2D eigenvalue weighted by molar-refractivity contribution is -0.182. The number of carbonyl (C=O) groups excluding carboxylic acids is 1. The van der Waals surface area contributed by atoms with Crippen LogP contribution in [0, 0.1) is 0 Å². The maximum absolute atomic E-state index is 12.7. The molecule has 2 aliphatic rings. The largest absolute Gasteiger partial charge is 0.497 e. The second-order valence-electron chi connectivity index (χ2n) is 7.05. The Morgan fingerprint density at radius 2 is 2.04 bits per heavy atom. The minimum Gasteiger partial charge on any atom is -0.497 e. The molecule has 0 atom stereocenters. The van der Waals surface area contributed by atoms with E-state index in [4.69, 9.17) is 15.3 Å². The second-order valence-corrected chi connectivity index (χ2v) is 7.05. The summed E-state index contributed by atoms with van der Waals surface area (Å²) in [6.07, 6.45) is 2.62. The quantitative estimate of drug-likeness (QED) is 0.844. The molecule has 1 aromatic carbocycles. The van der Waals surface area contributed by atoms with Gasteiger partial charge in [0, 0.05) is 30.6 Å². The van der Waals surface area contributed by atoms with Crippen LogP contribution < -0.4 is 10.5 Å². The predicted octanol–water partition coefficient (Wildman–Crippen LogP) is 1.99. The van der Waals surface area contributed by atoms with Gasteiger partial charge in [-0.05, 0) is 37.1 Å². The van der Waals surface area contributed by atoms with Crippen LogP contribution in [0.1, 0.15) is 30.5 Å². The first-order valence-electron chi connectivity index (χ1n) is 9.59. The van der Waals surface area contributed by atoms with Gasteiger partial charge in [-0.15, -0.1) is 0 Å². The molecule has 8 heteroatoms. The molecule has 3 heterocycles. The Bertz CT molecular complexity index is 850. The van der Waals surface area contributed by atoms with Crippen molar-refractivity contribution in [2.45, 2.75) is 32.4 Å². The van der Waals surface area contributed by atoms with Gasteiger partial charge < -0.3 is 15.4 Å². The normalized spacial score (nSPS) is 16.8. The molecule has 1 amide bonds. The molecule has 2 aromatic rings. The summed E-state index contributed by atoms with van der Waals surface area (Å²) in [5.74, 6) is 1.09. The van der Waals surface area contributed by atoms with Crippen LogP contribution in [0.25, 0.3) is 11.3 Å². The maximum Gasteiger partial charge on any atom is 0.224 e. The number of nitrogen functional groups attached to an aromatic ring is 1. The highest BCUT2D eigenvalue weighted by molar-refractivity contribution is 5.78. The third kappa shape index (κ3) is 3.93. The van der Waals surface area contributed by atoms with Gasteiger partial charge in [-0.1, -0.05) is 0 Å². The molecule has 4 rings (SSSR count). The molecular formula is C20H25N5O3. The van der Waals surface area contributed by atoms with Crippen LogP contribution in [0.2, 0.25) is 0 Å². The number of anilines is 1. The molecule has 1 fully saturated rings. The summed E-state index contributed by atoms with van der Waals surface area (Å²) in [7, 11) is 1.63. The molecule has 0 aliphatic carbocycles. The van der Waals surface area contributed by atoms with Gasteiger partial charge in [0.2, 0.25) is 11.9 Å². The Balaban J connectivity index is 1.48. The van der Waals surface area contributed by atoms with E-state index in [2.05, 4.69) is 9.97 Å². The first kappa shape index (κ1) is 18.6. The maximum atomic E-state index is 12.7. The van der Waals surface area contributed by atoms with Crippen molar-refractivity contribution in [2.24, 2.45) is 0 Å². The monoisotopic (exact) mass is 383 g/mol. The molecule has 0 radical (unpaired) electrons. The van der Waals surface area contributed by atoms with Gasteiger partial charge in [0.05, 0.1) is 38.2 Å². The smallest absolute Gasteiger partial charge is 0.224 e. The van der Waals surface area contributed by atoms with Gasteiger partial charge in [-0.25, -0.2) is 9.97 Å². The van der Waals surface area contributed by atoms with Crippen LogP contribution in [0.5, 0.6) is 5.75 Å². The fourth-order valence-electron chi connectivity index (χ4n) is 3.64. The average molecular weight is 383 g/mol. The van der Waals surface area contributed by atoms with Crippen LogP contribution >= 0.6 is 0 Å².